The van der Waals surface area contributed by atoms with Crippen LogP contribution in [0.25, 0.3) is 0 Å². The zero-order chi connectivity index (χ0) is 9.56. The van der Waals surface area contributed by atoms with Crippen molar-refractivity contribution in [2.24, 2.45) is 5.92 Å². The minimum absolute atomic E-state index is 0.0101. The zero-order valence-electron chi connectivity index (χ0n) is 7.96. The fourth-order valence-electron chi connectivity index (χ4n) is 0.807. The second-order valence-corrected chi connectivity index (χ2v) is 2.87. The van der Waals surface area contributed by atoms with Gasteiger partial charge in [-0.25, -0.2) is 4.79 Å². The monoisotopic (exact) mass is 171 g/mol. The average molecular weight is 171 g/mol. The summed E-state index contributed by atoms with van der Waals surface area (Å²) < 4.78 is 4.73. The molecule has 1 unspecified atom stereocenters. The molecular formula is C9H17NO2. The van der Waals surface area contributed by atoms with E-state index in [1.807, 2.05) is 13.8 Å². The number of hydrogen-bond acceptors (Lipinski definition) is 2. The van der Waals surface area contributed by atoms with Crippen LogP contribution >= 0.6 is 0 Å². The second-order valence-electron chi connectivity index (χ2n) is 2.87. The summed E-state index contributed by atoms with van der Waals surface area (Å²) in [5.74, 6) is 0.340. The Morgan fingerprint density at radius 2 is 2.25 bits per heavy atom. The van der Waals surface area contributed by atoms with Gasteiger partial charge in [0.25, 0.3) is 0 Å². The van der Waals surface area contributed by atoms with E-state index in [0.29, 0.717) is 12.5 Å². The molecule has 12 heavy (non-hydrogen) atoms. The van der Waals surface area contributed by atoms with Crippen molar-refractivity contribution in [3.63, 3.8) is 0 Å². The molecule has 1 atom stereocenters. The third kappa shape index (κ3) is 4.01. The van der Waals surface area contributed by atoms with E-state index < -0.39 is 0 Å². The Bertz CT molecular complexity index is 155. The Morgan fingerprint density at radius 1 is 1.67 bits per heavy atom. The highest BCUT2D eigenvalue weighted by Gasteiger charge is 2.12. The Morgan fingerprint density at radius 3 is 2.58 bits per heavy atom. The van der Waals surface area contributed by atoms with E-state index in [9.17, 15) is 4.79 Å². The molecule has 0 aromatic heterocycles. The number of ether oxygens (including phenoxy) is 1. The van der Waals surface area contributed by atoms with Gasteiger partial charge in [0.2, 0.25) is 0 Å². The number of carbonyl (C=O) groups is 1. The molecule has 70 valence electrons. The van der Waals surface area contributed by atoms with Crippen LogP contribution in [0.3, 0.4) is 0 Å². The van der Waals surface area contributed by atoms with E-state index in [1.54, 1.807) is 13.0 Å². The molecule has 0 spiro atoms. The summed E-state index contributed by atoms with van der Waals surface area (Å²) in [5, 5.41) is 2.69. The fraction of sp³-hybridized carbons (Fsp3) is 0.667. The van der Waals surface area contributed by atoms with Crippen molar-refractivity contribution in [1.29, 1.82) is 0 Å². The van der Waals surface area contributed by atoms with Crippen LogP contribution in [0.2, 0.25) is 0 Å². The Kier molecular flexibility index (Phi) is 5.17. The smallest absolute Gasteiger partial charge is 0.407 e. The molecule has 0 bridgehead atoms. The third-order valence-electron chi connectivity index (χ3n) is 1.53. The average Bonchev–Trinajstić information content (AvgIpc) is 2.00. The van der Waals surface area contributed by atoms with Gasteiger partial charge in [-0.1, -0.05) is 19.9 Å². The largest absolute Gasteiger partial charge is 0.450 e. The number of hydrogen-bond donors (Lipinski definition) is 1. The molecule has 0 aliphatic carbocycles. The highest BCUT2D eigenvalue weighted by Crippen LogP contribution is 2.01. The van der Waals surface area contributed by atoms with Gasteiger partial charge in [0.15, 0.2) is 0 Å². The van der Waals surface area contributed by atoms with Crippen LogP contribution in [-0.4, -0.2) is 18.7 Å². The van der Waals surface area contributed by atoms with E-state index in [1.165, 1.54) is 0 Å². The maximum absolute atomic E-state index is 10.9. The summed E-state index contributed by atoms with van der Waals surface area (Å²) in [6.45, 7) is 9.82. The van der Waals surface area contributed by atoms with E-state index in [4.69, 9.17) is 4.74 Å². The van der Waals surface area contributed by atoms with Crippen LogP contribution in [0.5, 0.6) is 0 Å². The highest BCUT2D eigenvalue weighted by atomic mass is 16.5. The minimum atomic E-state index is -0.379. The molecule has 1 amide bonds. The number of alkyl carbamates (subject to hydrolysis) is 1. The molecule has 3 heteroatoms. The lowest BCUT2D eigenvalue weighted by Gasteiger charge is -2.17. The lowest BCUT2D eigenvalue weighted by Crippen LogP contribution is -2.37. The third-order valence-corrected chi connectivity index (χ3v) is 1.53. The first-order valence-corrected chi connectivity index (χ1v) is 4.17. The van der Waals surface area contributed by atoms with E-state index >= 15 is 0 Å². The molecule has 0 aliphatic rings. The van der Waals surface area contributed by atoms with Gasteiger partial charge < -0.3 is 10.1 Å². The van der Waals surface area contributed by atoms with E-state index in [-0.39, 0.29) is 12.1 Å². The first-order valence-electron chi connectivity index (χ1n) is 4.17. The topological polar surface area (TPSA) is 38.3 Å². The van der Waals surface area contributed by atoms with Gasteiger partial charge in [0.1, 0.15) is 0 Å². The van der Waals surface area contributed by atoms with Crippen molar-refractivity contribution in [3.8, 4) is 0 Å². The molecule has 0 rings (SSSR count). The van der Waals surface area contributed by atoms with Crippen molar-refractivity contribution >= 4 is 6.09 Å². The number of amides is 1. The summed E-state index contributed by atoms with van der Waals surface area (Å²) in [4.78, 5) is 10.9. The second kappa shape index (κ2) is 5.63. The van der Waals surface area contributed by atoms with Crippen molar-refractivity contribution in [1.82, 2.24) is 5.32 Å². The molecule has 0 saturated carbocycles. The summed E-state index contributed by atoms with van der Waals surface area (Å²) in [6.07, 6.45) is 1.33. The number of carbonyl (C=O) groups excluding carboxylic acids is 1. The first-order chi connectivity index (χ1) is 5.61. The maximum Gasteiger partial charge on any atom is 0.407 e. The van der Waals surface area contributed by atoms with E-state index in [0.717, 1.165) is 0 Å². The van der Waals surface area contributed by atoms with Crippen molar-refractivity contribution in [2.75, 3.05) is 6.61 Å². The van der Waals surface area contributed by atoms with Crippen LogP contribution in [-0.2, 0) is 4.74 Å². The van der Waals surface area contributed by atoms with Crippen molar-refractivity contribution < 1.29 is 9.53 Å². The molecule has 0 aromatic rings. The molecule has 0 heterocycles. The summed E-state index contributed by atoms with van der Waals surface area (Å²) >= 11 is 0. The quantitative estimate of drug-likeness (QED) is 0.656. The highest BCUT2D eigenvalue weighted by molar-refractivity contribution is 5.67. The molecule has 1 N–H and O–H groups in total. The number of rotatable bonds is 4. The lowest BCUT2D eigenvalue weighted by molar-refractivity contribution is 0.147. The van der Waals surface area contributed by atoms with Crippen LogP contribution in [0.4, 0.5) is 4.79 Å². The van der Waals surface area contributed by atoms with Gasteiger partial charge in [-0.3, -0.25) is 0 Å². The molecule has 0 fully saturated rings. The van der Waals surface area contributed by atoms with Gasteiger partial charge in [0.05, 0.1) is 12.6 Å². The van der Waals surface area contributed by atoms with Crippen molar-refractivity contribution in [2.45, 2.75) is 26.8 Å². The maximum atomic E-state index is 10.9. The Balaban J connectivity index is 3.85. The minimum Gasteiger partial charge on any atom is -0.450 e. The standard InChI is InChI=1S/C9H17NO2/c1-5-8(7(3)4)10-9(11)12-6-2/h5,7-8H,1,6H2,2-4H3,(H,10,11). The summed E-state index contributed by atoms with van der Waals surface area (Å²) in [7, 11) is 0. The van der Waals surface area contributed by atoms with Crippen LogP contribution < -0.4 is 5.32 Å². The molecule has 0 aliphatic heterocycles. The van der Waals surface area contributed by atoms with Gasteiger partial charge in [-0.2, -0.15) is 0 Å². The first kappa shape index (κ1) is 11.0. The van der Waals surface area contributed by atoms with Gasteiger partial charge in [-0.15, -0.1) is 6.58 Å². The Hall–Kier alpha value is -0.990. The van der Waals surface area contributed by atoms with Crippen LogP contribution in [0.15, 0.2) is 12.7 Å². The van der Waals surface area contributed by atoms with E-state index in [2.05, 4.69) is 11.9 Å². The molecule has 0 aromatic carbocycles. The lowest BCUT2D eigenvalue weighted by atomic mass is 10.1. The molecule has 0 saturated heterocycles. The van der Waals surface area contributed by atoms with Crippen LogP contribution in [0, 0.1) is 5.92 Å². The zero-order valence-corrected chi connectivity index (χ0v) is 7.96. The predicted molar refractivity (Wildman–Crippen MR) is 49.0 cm³/mol. The predicted octanol–water partition coefficient (Wildman–Crippen LogP) is 1.94. The normalized spacial score (nSPS) is 12.3. The number of nitrogens with one attached hydrogen (secondary N) is 1. The summed E-state index contributed by atoms with van der Waals surface area (Å²) in [6, 6.07) is -0.0101. The fourth-order valence-corrected chi connectivity index (χ4v) is 0.807. The van der Waals surface area contributed by atoms with Gasteiger partial charge in [0, 0.05) is 0 Å². The summed E-state index contributed by atoms with van der Waals surface area (Å²) in [5.41, 5.74) is 0. The Labute approximate surface area is 73.8 Å². The SMILES string of the molecule is C=CC(NC(=O)OCC)C(C)C. The van der Waals surface area contributed by atoms with Gasteiger partial charge in [-0.05, 0) is 12.8 Å². The van der Waals surface area contributed by atoms with Crippen LogP contribution in [0.1, 0.15) is 20.8 Å². The molecule has 0 radical (unpaired) electrons. The van der Waals surface area contributed by atoms with Crippen molar-refractivity contribution in [3.05, 3.63) is 12.7 Å². The van der Waals surface area contributed by atoms with Gasteiger partial charge >= 0.3 is 6.09 Å². The molecular weight excluding hydrogens is 154 g/mol. The molecule has 3 nitrogen and oxygen atoms in total.